The van der Waals surface area contributed by atoms with E-state index in [0.717, 1.165) is 25.8 Å². The summed E-state index contributed by atoms with van der Waals surface area (Å²) >= 11 is 0. The first kappa shape index (κ1) is 12.3. The van der Waals surface area contributed by atoms with Crippen molar-refractivity contribution in [2.75, 3.05) is 32.8 Å². The van der Waals surface area contributed by atoms with Gasteiger partial charge >= 0.3 is 0 Å². The van der Waals surface area contributed by atoms with Gasteiger partial charge in [0.15, 0.2) is 0 Å². The molecule has 3 nitrogen and oxygen atoms in total. The Morgan fingerprint density at radius 3 is 2.75 bits per heavy atom. The van der Waals surface area contributed by atoms with Crippen LogP contribution in [-0.2, 0) is 4.74 Å². The standard InChI is InChI=1S/C13H26N2O/c1-3-12-4-8-15(9-7-14-12)13(2)5-10-16-11-6-13/h12,14H,3-11H2,1-2H3. The molecular formula is C13H26N2O. The molecule has 94 valence electrons. The molecule has 1 atom stereocenters. The van der Waals surface area contributed by atoms with E-state index < -0.39 is 0 Å². The second-order valence-corrected chi connectivity index (χ2v) is 5.44. The normalized spacial score (nSPS) is 32.2. The highest BCUT2D eigenvalue weighted by Crippen LogP contribution is 2.28. The number of hydrogen-bond donors (Lipinski definition) is 1. The van der Waals surface area contributed by atoms with Gasteiger partial charge in [-0.15, -0.1) is 0 Å². The minimum atomic E-state index is 0.391. The molecule has 2 rings (SSSR count). The lowest BCUT2D eigenvalue weighted by molar-refractivity contribution is -0.0165. The van der Waals surface area contributed by atoms with Crippen LogP contribution in [0.3, 0.4) is 0 Å². The fourth-order valence-electron chi connectivity index (χ4n) is 2.94. The second kappa shape index (κ2) is 5.48. The fourth-order valence-corrected chi connectivity index (χ4v) is 2.94. The Balaban J connectivity index is 1.92. The molecule has 0 amide bonds. The lowest BCUT2D eigenvalue weighted by Crippen LogP contribution is -2.51. The summed E-state index contributed by atoms with van der Waals surface area (Å²) in [4.78, 5) is 2.69. The predicted octanol–water partition coefficient (Wildman–Crippen LogP) is 1.63. The van der Waals surface area contributed by atoms with Crippen molar-refractivity contribution in [2.24, 2.45) is 0 Å². The maximum absolute atomic E-state index is 5.49. The van der Waals surface area contributed by atoms with Gasteiger partial charge in [-0.1, -0.05) is 6.92 Å². The molecule has 0 bridgehead atoms. The number of rotatable bonds is 2. The third-order valence-electron chi connectivity index (χ3n) is 4.39. The summed E-state index contributed by atoms with van der Waals surface area (Å²) in [5, 5.41) is 3.64. The van der Waals surface area contributed by atoms with Crippen molar-refractivity contribution >= 4 is 0 Å². The molecule has 2 aliphatic heterocycles. The van der Waals surface area contributed by atoms with Gasteiger partial charge in [-0.2, -0.15) is 0 Å². The fraction of sp³-hybridized carbons (Fsp3) is 1.00. The Bertz CT molecular complexity index is 214. The molecular weight excluding hydrogens is 200 g/mol. The first-order valence-corrected chi connectivity index (χ1v) is 6.81. The van der Waals surface area contributed by atoms with Crippen LogP contribution in [0.25, 0.3) is 0 Å². The van der Waals surface area contributed by atoms with Gasteiger partial charge in [0.05, 0.1) is 0 Å². The Kier molecular flexibility index (Phi) is 4.22. The summed E-state index contributed by atoms with van der Waals surface area (Å²) in [6.45, 7) is 10.2. The zero-order valence-corrected chi connectivity index (χ0v) is 10.8. The van der Waals surface area contributed by atoms with E-state index in [2.05, 4.69) is 24.1 Å². The first-order chi connectivity index (χ1) is 7.74. The largest absolute Gasteiger partial charge is 0.381 e. The molecule has 1 N–H and O–H groups in total. The molecule has 0 aromatic rings. The molecule has 1 unspecified atom stereocenters. The van der Waals surface area contributed by atoms with Crippen LogP contribution in [0.2, 0.25) is 0 Å². The lowest BCUT2D eigenvalue weighted by Gasteiger charge is -2.43. The predicted molar refractivity (Wildman–Crippen MR) is 66.7 cm³/mol. The van der Waals surface area contributed by atoms with Crippen molar-refractivity contribution in [1.29, 1.82) is 0 Å². The Morgan fingerprint density at radius 1 is 1.31 bits per heavy atom. The molecule has 0 aliphatic carbocycles. The monoisotopic (exact) mass is 226 g/mol. The molecule has 2 saturated heterocycles. The molecule has 2 fully saturated rings. The van der Waals surface area contributed by atoms with Crippen molar-refractivity contribution in [3.63, 3.8) is 0 Å². The smallest absolute Gasteiger partial charge is 0.0483 e. The molecule has 16 heavy (non-hydrogen) atoms. The lowest BCUT2D eigenvalue weighted by atomic mass is 9.90. The Labute approximate surface area is 99.5 Å². The van der Waals surface area contributed by atoms with E-state index in [9.17, 15) is 0 Å². The van der Waals surface area contributed by atoms with E-state index in [1.807, 2.05) is 0 Å². The summed E-state index contributed by atoms with van der Waals surface area (Å²) in [5.74, 6) is 0. The van der Waals surface area contributed by atoms with Crippen molar-refractivity contribution in [1.82, 2.24) is 10.2 Å². The van der Waals surface area contributed by atoms with Crippen LogP contribution in [0.4, 0.5) is 0 Å². The summed E-state index contributed by atoms with van der Waals surface area (Å²) < 4.78 is 5.49. The molecule has 3 heteroatoms. The highest BCUT2D eigenvalue weighted by atomic mass is 16.5. The van der Waals surface area contributed by atoms with Crippen LogP contribution < -0.4 is 5.32 Å². The van der Waals surface area contributed by atoms with Crippen molar-refractivity contribution in [2.45, 2.75) is 51.1 Å². The zero-order valence-electron chi connectivity index (χ0n) is 10.8. The minimum Gasteiger partial charge on any atom is -0.381 e. The Morgan fingerprint density at radius 2 is 2.06 bits per heavy atom. The van der Waals surface area contributed by atoms with Gasteiger partial charge < -0.3 is 10.1 Å². The Hall–Kier alpha value is -0.120. The van der Waals surface area contributed by atoms with Crippen LogP contribution in [0, 0.1) is 0 Å². The molecule has 0 radical (unpaired) electrons. The molecule has 2 aliphatic rings. The van der Waals surface area contributed by atoms with Crippen LogP contribution in [-0.4, -0.2) is 49.3 Å². The quantitative estimate of drug-likeness (QED) is 0.774. The van der Waals surface area contributed by atoms with Gasteiger partial charge in [-0.3, -0.25) is 4.90 Å². The van der Waals surface area contributed by atoms with E-state index in [1.165, 1.54) is 38.8 Å². The van der Waals surface area contributed by atoms with Crippen LogP contribution >= 0.6 is 0 Å². The molecule has 0 saturated carbocycles. The van der Waals surface area contributed by atoms with Gasteiger partial charge in [-0.25, -0.2) is 0 Å². The molecule has 0 spiro atoms. The van der Waals surface area contributed by atoms with Gasteiger partial charge in [0.25, 0.3) is 0 Å². The van der Waals surface area contributed by atoms with E-state index in [-0.39, 0.29) is 0 Å². The maximum Gasteiger partial charge on any atom is 0.0483 e. The van der Waals surface area contributed by atoms with E-state index >= 15 is 0 Å². The van der Waals surface area contributed by atoms with Crippen LogP contribution in [0.5, 0.6) is 0 Å². The van der Waals surface area contributed by atoms with Gasteiger partial charge in [0, 0.05) is 44.4 Å². The number of ether oxygens (including phenoxy) is 1. The highest BCUT2D eigenvalue weighted by molar-refractivity contribution is 4.90. The average molecular weight is 226 g/mol. The molecule has 2 heterocycles. The molecule has 0 aromatic heterocycles. The zero-order chi connectivity index (χ0) is 11.4. The summed E-state index contributed by atoms with van der Waals surface area (Å²) in [6, 6.07) is 0.730. The van der Waals surface area contributed by atoms with E-state index in [4.69, 9.17) is 4.74 Å². The van der Waals surface area contributed by atoms with Crippen LogP contribution in [0.1, 0.15) is 39.5 Å². The van der Waals surface area contributed by atoms with Gasteiger partial charge in [0.1, 0.15) is 0 Å². The van der Waals surface area contributed by atoms with Gasteiger partial charge in [0.2, 0.25) is 0 Å². The van der Waals surface area contributed by atoms with E-state index in [0.29, 0.717) is 5.54 Å². The third-order valence-corrected chi connectivity index (χ3v) is 4.39. The highest BCUT2D eigenvalue weighted by Gasteiger charge is 2.34. The average Bonchev–Trinajstić information content (AvgIpc) is 2.55. The first-order valence-electron chi connectivity index (χ1n) is 6.81. The molecule has 0 aromatic carbocycles. The van der Waals surface area contributed by atoms with Crippen molar-refractivity contribution in [3.8, 4) is 0 Å². The SMILES string of the molecule is CCC1CCN(C2(C)CCOCC2)CCN1. The topological polar surface area (TPSA) is 24.5 Å². The summed E-state index contributed by atoms with van der Waals surface area (Å²) in [5.41, 5.74) is 0.391. The summed E-state index contributed by atoms with van der Waals surface area (Å²) in [7, 11) is 0. The summed E-state index contributed by atoms with van der Waals surface area (Å²) in [6.07, 6.45) is 4.95. The minimum absolute atomic E-state index is 0.391. The number of nitrogens with one attached hydrogen (secondary N) is 1. The van der Waals surface area contributed by atoms with E-state index in [1.54, 1.807) is 0 Å². The van der Waals surface area contributed by atoms with Gasteiger partial charge in [-0.05, 0) is 32.6 Å². The third kappa shape index (κ3) is 2.76. The maximum atomic E-state index is 5.49. The number of nitrogens with zero attached hydrogens (tertiary/aromatic N) is 1. The van der Waals surface area contributed by atoms with Crippen molar-refractivity contribution < 1.29 is 4.74 Å². The van der Waals surface area contributed by atoms with Crippen molar-refractivity contribution in [3.05, 3.63) is 0 Å². The van der Waals surface area contributed by atoms with Crippen LogP contribution in [0.15, 0.2) is 0 Å². The number of hydrogen-bond acceptors (Lipinski definition) is 3. The second-order valence-electron chi connectivity index (χ2n) is 5.44.